The highest BCUT2D eigenvalue weighted by atomic mass is 19.4. The number of amides is 1. The van der Waals surface area contributed by atoms with Crippen molar-refractivity contribution < 1.29 is 22.4 Å². The van der Waals surface area contributed by atoms with Crippen molar-refractivity contribution in [1.82, 2.24) is 0 Å². The zero-order chi connectivity index (χ0) is 15.0. The Hall–Kier alpha value is -2.24. The number of carbonyl (C=O) groups excluding carboxylic acids is 1. The van der Waals surface area contributed by atoms with Gasteiger partial charge in [0.25, 0.3) is 5.91 Å². The molecule has 0 fully saturated rings. The van der Waals surface area contributed by atoms with Gasteiger partial charge in [-0.1, -0.05) is 0 Å². The lowest BCUT2D eigenvalue weighted by Crippen LogP contribution is -2.35. The van der Waals surface area contributed by atoms with E-state index in [-0.39, 0.29) is 11.7 Å². The molecule has 0 spiro atoms. The lowest BCUT2D eigenvalue weighted by Gasteiger charge is -2.29. The minimum Gasteiger partial charge on any atom is -0.459 e. The van der Waals surface area contributed by atoms with Crippen molar-refractivity contribution in [3.05, 3.63) is 53.5 Å². The van der Waals surface area contributed by atoms with Gasteiger partial charge in [0.05, 0.1) is 11.8 Å². The minimum atomic E-state index is -4.37. The monoisotopic (exact) mass is 295 g/mol. The number of furan rings is 1. The van der Waals surface area contributed by atoms with E-state index in [1.165, 1.54) is 17.2 Å². The van der Waals surface area contributed by atoms with E-state index in [9.17, 15) is 18.0 Å². The fraction of sp³-hybridized carbons (Fsp3) is 0.267. The average Bonchev–Trinajstić information content (AvgIpc) is 2.98. The lowest BCUT2D eigenvalue weighted by molar-refractivity contribution is -0.137. The van der Waals surface area contributed by atoms with Gasteiger partial charge in [-0.15, -0.1) is 0 Å². The van der Waals surface area contributed by atoms with E-state index >= 15 is 0 Å². The van der Waals surface area contributed by atoms with Crippen LogP contribution in [0.3, 0.4) is 0 Å². The molecule has 0 saturated heterocycles. The first-order chi connectivity index (χ1) is 9.97. The fourth-order valence-electron chi connectivity index (χ4n) is 2.52. The summed E-state index contributed by atoms with van der Waals surface area (Å²) >= 11 is 0. The summed E-state index contributed by atoms with van der Waals surface area (Å²) in [4.78, 5) is 13.8. The Labute approximate surface area is 119 Å². The second-order valence-electron chi connectivity index (χ2n) is 4.88. The van der Waals surface area contributed by atoms with E-state index in [0.717, 1.165) is 12.1 Å². The van der Waals surface area contributed by atoms with Crippen LogP contribution in [0.15, 0.2) is 41.0 Å². The van der Waals surface area contributed by atoms with Gasteiger partial charge in [0.2, 0.25) is 0 Å². The normalized spacial score (nSPS) is 14.9. The zero-order valence-corrected chi connectivity index (χ0v) is 11.0. The molecule has 21 heavy (non-hydrogen) atoms. The zero-order valence-electron chi connectivity index (χ0n) is 11.0. The Morgan fingerprint density at radius 2 is 2.05 bits per heavy atom. The van der Waals surface area contributed by atoms with Crippen molar-refractivity contribution in [3.8, 4) is 0 Å². The number of nitrogens with zero attached hydrogens (tertiary/aromatic N) is 1. The molecule has 0 aliphatic carbocycles. The summed E-state index contributed by atoms with van der Waals surface area (Å²) < 4.78 is 43.3. The number of hydrogen-bond donors (Lipinski definition) is 0. The predicted octanol–water partition coefficient (Wildman–Crippen LogP) is 3.89. The summed E-state index contributed by atoms with van der Waals surface area (Å²) in [5, 5.41) is 0. The number of halogens is 3. The fourth-order valence-corrected chi connectivity index (χ4v) is 2.52. The molecule has 0 bridgehead atoms. The third-order valence-corrected chi connectivity index (χ3v) is 3.50. The number of anilines is 1. The Balaban J connectivity index is 1.97. The number of carbonyl (C=O) groups is 1. The van der Waals surface area contributed by atoms with Crippen LogP contribution in [0.4, 0.5) is 18.9 Å². The molecule has 1 amide bonds. The van der Waals surface area contributed by atoms with Gasteiger partial charge in [-0.3, -0.25) is 4.79 Å². The van der Waals surface area contributed by atoms with Crippen LogP contribution >= 0.6 is 0 Å². The Morgan fingerprint density at radius 3 is 2.71 bits per heavy atom. The van der Waals surface area contributed by atoms with Gasteiger partial charge in [0, 0.05) is 12.2 Å². The second kappa shape index (κ2) is 4.95. The molecular weight excluding hydrogens is 283 g/mol. The molecule has 3 nitrogen and oxygen atoms in total. The average molecular weight is 295 g/mol. The van der Waals surface area contributed by atoms with Crippen LogP contribution in [0.25, 0.3) is 0 Å². The van der Waals surface area contributed by atoms with Crippen LogP contribution in [0.2, 0.25) is 0 Å². The highest BCUT2D eigenvalue weighted by Crippen LogP contribution is 2.35. The summed E-state index contributed by atoms with van der Waals surface area (Å²) in [5.74, 6) is -0.150. The molecule has 6 heteroatoms. The Kier molecular flexibility index (Phi) is 3.23. The lowest BCUT2D eigenvalue weighted by atomic mass is 9.98. The van der Waals surface area contributed by atoms with E-state index in [1.54, 1.807) is 12.1 Å². The molecule has 0 unspecified atom stereocenters. The molecule has 1 aliphatic rings. The number of alkyl halides is 3. The van der Waals surface area contributed by atoms with E-state index in [0.29, 0.717) is 30.6 Å². The molecule has 3 rings (SSSR count). The summed E-state index contributed by atoms with van der Waals surface area (Å²) in [7, 11) is 0. The third kappa shape index (κ3) is 2.53. The van der Waals surface area contributed by atoms with Crippen molar-refractivity contribution in [1.29, 1.82) is 0 Å². The SMILES string of the molecule is O=C(c1ccco1)N1CCCc2cc(C(F)(F)F)ccc21. The predicted molar refractivity (Wildman–Crippen MR) is 70.1 cm³/mol. The molecule has 110 valence electrons. The molecule has 1 aromatic heterocycles. The summed E-state index contributed by atoms with van der Waals surface area (Å²) in [6.07, 6.45) is -1.82. The first-order valence-corrected chi connectivity index (χ1v) is 6.52. The maximum Gasteiger partial charge on any atom is 0.416 e. The first kappa shape index (κ1) is 13.7. The van der Waals surface area contributed by atoms with Gasteiger partial charge < -0.3 is 9.32 Å². The molecule has 2 heterocycles. The van der Waals surface area contributed by atoms with Gasteiger partial charge in [0.1, 0.15) is 0 Å². The van der Waals surface area contributed by atoms with Gasteiger partial charge >= 0.3 is 6.18 Å². The molecule has 1 aromatic carbocycles. The van der Waals surface area contributed by atoms with Crippen molar-refractivity contribution >= 4 is 11.6 Å². The highest BCUT2D eigenvalue weighted by molar-refractivity contribution is 6.04. The number of hydrogen-bond acceptors (Lipinski definition) is 2. The second-order valence-corrected chi connectivity index (χ2v) is 4.88. The van der Waals surface area contributed by atoms with Crippen LogP contribution in [0.1, 0.15) is 28.1 Å². The molecule has 0 N–H and O–H groups in total. The molecule has 0 atom stereocenters. The van der Waals surface area contributed by atoms with Crippen LogP contribution in [0, 0.1) is 0 Å². The van der Waals surface area contributed by atoms with Gasteiger partial charge in [0.15, 0.2) is 5.76 Å². The van der Waals surface area contributed by atoms with Crippen LogP contribution in [-0.2, 0) is 12.6 Å². The summed E-state index contributed by atoms with van der Waals surface area (Å²) in [5.41, 5.74) is 0.375. The maximum atomic E-state index is 12.7. The topological polar surface area (TPSA) is 33.5 Å². The maximum absolute atomic E-state index is 12.7. The molecule has 0 radical (unpaired) electrons. The highest BCUT2D eigenvalue weighted by Gasteiger charge is 2.33. The van der Waals surface area contributed by atoms with Gasteiger partial charge in [-0.2, -0.15) is 13.2 Å². The molecule has 2 aromatic rings. The van der Waals surface area contributed by atoms with E-state index in [1.807, 2.05) is 0 Å². The largest absolute Gasteiger partial charge is 0.459 e. The third-order valence-electron chi connectivity index (χ3n) is 3.50. The van der Waals surface area contributed by atoms with E-state index in [4.69, 9.17) is 4.42 Å². The van der Waals surface area contributed by atoms with Crippen LogP contribution in [0.5, 0.6) is 0 Å². The number of fused-ring (bicyclic) bond motifs is 1. The van der Waals surface area contributed by atoms with Crippen molar-refractivity contribution in [2.75, 3.05) is 11.4 Å². The van der Waals surface area contributed by atoms with Crippen molar-refractivity contribution in [2.24, 2.45) is 0 Å². The molecule has 1 aliphatic heterocycles. The van der Waals surface area contributed by atoms with Crippen LogP contribution < -0.4 is 4.90 Å². The van der Waals surface area contributed by atoms with E-state index < -0.39 is 11.7 Å². The van der Waals surface area contributed by atoms with E-state index in [2.05, 4.69) is 0 Å². The van der Waals surface area contributed by atoms with Crippen molar-refractivity contribution in [2.45, 2.75) is 19.0 Å². The Morgan fingerprint density at radius 1 is 1.24 bits per heavy atom. The first-order valence-electron chi connectivity index (χ1n) is 6.52. The smallest absolute Gasteiger partial charge is 0.416 e. The number of aryl methyl sites for hydroxylation is 1. The van der Waals surface area contributed by atoms with Gasteiger partial charge in [-0.05, 0) is 48.7 Å². The number of benzene rings is 1. The standard InChI is InChI=1S/C15H12F3NO2/c16-15(17,18)11-5-6-12-10(9-11)3-1-7-19(12)14(20)13-4-2-8-21-13/h2,4-6,8-9H,1,3,7H2. The quantitative estimate of drug-likeness (QED) is 0.799. The van der Waals surface area contributed by atoms with Gasteiger partial charge in [-0.25, -0.2) is 0 Å². The Bertz CT molecular complexity index is 662. The summed E-state index contributed by atoms with van der Waals surface area (Å²) in [6, 6.07) is 6.63. The van der Waals surface area contributed by atoms with Crippen LogP contribution in [-0.4, -0.2) is 12.5 Å². The van der Waals surface area contributed by atoms with Crippen molar-refractivity contribution in [3.63, 3.8) is 0 Å². The summed E-state index contributed by atoms with van der Waals surface area (Å²) in [6.45, 7) is 0.470. The minimum absolute atomic E-state index is 0.183. The molecule has 0 saturated carbocycles. The number of rotatable bonds is 1. The molecular formula is C15H12F3NO2.